The van der Waals surface area contributed by atoms with Crippen molar-refractivity contribution in [2.75, 3.05) is 11.9 Å². The Balaban J connectivity index is 1.61. The number of para-hydroxylation sites is 2. The Labute approximate surface area is 140 Å². The molecule has 0 saturated heterocycles. The molecule has 4 rings (SSSR count). The molecule has 0 radical (unpaired) electrons. The van der Waals surface area contributed by atoms with E-state index < -0.39 is 0 Å². The van der Waals surface area contributed by atoms with E-state index in [1.807, 2.05) is 17.8 Å². The second-order valence-electron chi connectivity index (χ2n) is 5.49. The van der Waals surface area contributed by atoms with Crippen molar-refractivity contribution in [2.45, 2.75) is 4.90 Å². The maximum absolute atomic E-state index is 2.25. The van der Waals surface area contributed by atoms with Crippen molar-refractivity contribution in [3.05, 3.63) is 89.7 Å². The summed E-state index contributed by atoms with van der Waals surface area (Å²) in [6, 6.07) is 23.2. The van der Waals surface area contributed by atoms with Crippen LogP contribution in [-0.4, -0.2) is 7.05 Å². The van der Waals surface area contributed by atoms with Gasteiger partial charge in [0.2, 0.25) is 5.69 Å². The average molecular weight is 317 g/mol. The van der Waals surface area contributed by atoms with E-state index in [-0.39, 0.29) is 0 Å². The summed E-state index contributed by atoms with van der Waals surface area (Å²) in [5.41, 5.74) is 3.66. The minimum atomic E-state index is 1.17. The third kappa shape index (κ3) is 2.76. The SMILES string of the molecule is CN1/C(=C/c2cc[n+](-c3ccccc3)cc2)Sc2ccccc21. The van der Waals surface area contributed by atoms with Crippen LogP contribution in [0.15, 0.2) is 89.0 Å². The molecule has 2 heterocycles. The Kier molecular flexibility index (Phi) is 3.64. The molecule has 23 heavy (non-hydrogen) atoms. The minimum Gasteiger partial charge on any atom is -0.338 e. The van der Waals surface area contributed by atoms with Crippen molar-refractivity contribution in [1.82, 2.24) is 0 Å². The summed E-state index contributed by atoms with van der Waals surface area (Å²) in [6.45, 7) is 0. The molecule has 0 N–H and O–H groups in total. The first-order valence-corrected chi connectivity index (χ1v) is 8.42. The van der Waals surface area contributed by atoms with E-state index in [0.29, 0.717) is 0 Å². The lowest BCUT2D eigenvalue weighted by Gasteiger charge is -2.13. The molecule has 0 spiro atoms. The molecule has 0 fully saturated rings. The van der Waals surface area contributed by atoms with Crippen LogP contribution in [0.3, 0.4) is 0 Å². The largest absolute Gasteiger partial charge is 0.338 e. The van der Waals surface area contributed by atoms with Crippen LogP contribution in [0.2, 0.25) is 0 Å². The van der Waals surface area contributed by atoms with Crippen LogP contribution in [0.4, 0.5) is 5.69 Å². The van der Waals surface area contributed by atoms with Gasteiger partial charge >= 0.3 is 0 Å². The summed E-state index contributed by atoms with van der Waals surface area (Å²) in [6.07, 6.45) is 6.45. The third-order valence-corrected chi connectivity index (χ3v) is 5.14. The molecule has 0 amide bonds. The van der Waals surface area contributed by atoms with Crippen LogP contribution in [0.5, 0.6) is 0 Å². The smallest absolute Gasteiger partial charge is 0.210 e. The van der Waals surface area contributed by atoms with E-state index in [1.54, 1.807) is 0 Å². The molecule has 3 aromatic rings. The number of rotatable bonds is 2. The van der Waals surface area contributed by atoms with Gasteiger partial charge < -0.3 is 4.90 Å². The summed E-state index contributed by atoms with van der Waals surface area (Å²) < 4.78 is 2.13. The number of benzene rings is 2. The van der Waals surface area contributed by atoms with Crippen LogP contribution in [-0.2, 0) is 0 Å². The summed E-state index contributed by atoms with van der Waals surface area (Å²) in [4.78, 5) is 3.56. The predicted octanol–water partition coefficient (Wildman–Crippen LogP) is 4.50. The lowest BCUT2D eigenvalue weighted by Crippen LogP contribution is -2.28. The number of anilines is 1. The molecule has 2 nitrogen and oxygen atoms in total. The number of thioether (sulfide) groups is 1. The molecule has 1 aromatic heterocycles. The maximum Gasteiger partial charge on any atom is 0.210 e. The van der Waals surface area contributed by atoms with Gasteiger partial charge in [-0.05, 0) is 23.8 Å². The molecule has 0 bridgehead atoms. The molecular formula is C20H17N2S+. The second-order valence-corrected chi connectivity index (χ2v) is 6.55. The molecule has 0 atom stereocenters. The molecule has 2 aromatic carbocycles. The molecule has 1 aliphatic heterocycles. The molecule has 0 aliphatic carbocycles. The lowest BCUT2D eigenvalue weighted by molar-refractivity contribution is -0.595. The fourth-order valence-electron chi connectivity index (χ4n) is 2.70. The highest BCUT2D eigenvalue weighted by Crippen LogP contribution is 2.45. The monoisotopic (exact) mass is 317 g/mol. The number of hydrogen-bond acceptors (Lipinski definition) is 2. The zero-order valence-electron chi connectivity index (χ0n) is 12.9. The first kappa shape index (κ1) is 14.1. The van der Waals surface area contributed by atoms with Gasteiger partial charge in [-0.25, -0.2) is 0 Å². The van der Waals surface area contributed by atoms with Crippen molar-refractivity contribution >= 4 is 23.5 Å². The molecule has 0 saturated carbocycles. The number of hydrogen-bond donors (Lipinski definition) is 0. The highest BCUT2D eigenvalue weighted by Gasteiger charge is 2.21. The highest BCUT2D eigenvalue weighted by atomic mass is 32.2. The Morgan fingerprint density at radius 1 is 0.870 bits per heavy atom. The quantitative estimate of drug-likeness (QED) is 0.642. The zero-order valence-corrected chi connectivity index (χ0v) is 13.7. The van der Waals surface area contributed by atoms with E-state index in [2.05, 4.69) is 95.6 Å². The van der Waals surface area contributed by atoms with Gasteiger partial charge in [-0.1, -0.05) is 42.1 Å². The first-order chi connectivity index (χ1) is 11.3. The fraction of sp³-hybridized carbons (Fsp3) is 0.0500. The molecule has 0 unspecified atom stereocenters. The Morgan fingerprint density at radius 3 is 2.30 bits per heavy atom. The van der Waals surface area contributed by atoms with Gasteiger partial charge in [0.15, 0.2) is 12.4 Å². The van der Waals surface area contributed by atoms with Crippen molar-refractivity contribution in [3.63, 3.8) is 0 Å². The average Bonchev–Trinajstić information content (AvgIpc) is 2.93. The van der Waals surface area contributed by atoms with Gasteiger partial charge in [0.05, 0.1) is 10.7 Å². The number of pyridine rings is 1. The Bertz CT molecular complexity index is 854. The summed E-state index contributed by atoms with van der Waals surface area (Å²) in [5.74, 6) is 0. The molecule has 112 valence electrons. The Hall–Kier alpha value is -2.52. The van der Waals surface area contributed by atoms with Crippen LogP contribution < -0.4 is 9.47 Å². The van der Waals surface area contributed by atoms with E-state index in [0.717, 1.165) is 0 Å². The normalized spacial score (nSPS) is 15.0. The van der Waals surface area contributed by atoms with Gasteiger partial charge in [0.25, 0.3) is 0 Å². The van der Waals surface area contributed by atoms with Gasteiger partial charge in [0, 0.05) is 36.2 Å². The second kappa shape index (κ2) is 5.94. The van der Waals surface area contributed by atoms with E-state index in [4.69, 9.17) is 0 Å². The van der Waals surface area contributed by atoms with Crippen molar-refractivity contribution in [3.8, 4) is 5.69 Å². The molecule has 1 aliphatic rings. The fourth-order valence-corrected chi connectivity index (χ4v) is 3.81. The molecule has 3 heteroatoms. The van der Waals surface area contributed by atoms with Crippen LogP contribution >= 0.6 is 11.8 Å². The zero-order chi connectivity index (χ0) is 15.6. The van der Waals surface area contributed by atoms with Crippen molar-refractivity contribution in [2.24, 2.45) is 0 Å². The van der Waals surface area contributed by atoms with Crippen LogP contribution in [0.1, 0.15) is 5.56 Å². The first-order valence-electron chi connectivity index (χ1n) is 7.60. The third-order valence-electron chi connectivity index (χ3n) is 3.97. The van der Waals surface area contributed by atoms with Crippen LogP contribution in [0.25, 0.3) is 11.8 Å². The summed E-state index contributed by atoms with van der Waals surface area (Å²) >= 11 is 1.82. The number of nitrogens with zero attached hydrogens (tertiary/aromatic N) is 2. The number of aromatic nitrogens is 1. The van der Waals surface area contributed by atoms with E-state index in [1.165, 1.54) is 26.9 Å². The van der Waals surface area contributed by atoms with Crippen molar-refractivity contribution in [1.29, 1.82) is 0 Å². The standard InChI is InChI=1S/C20H17N2S/c1-21-18-9-5-6-10-19(18)23-20(21)15-16-11-13-22(14-12-16)17-7-3-2-4-8-17/h2-15H,1H3/q+1. The predicted molar refractivity (Wildman–Crippen MR) is 96.7 cm³/mol. The van der Waals surface area contributed by atoms with Gasteiger partial charge in [-0.2, -0.15) is 4.57 Å². The summed E-state index contributed by atoms with van der Waals surface area (Å²) in [5, 5.41) is 1.25. The Morgan fingerprint density at radius 2 is 1.57 bits per heavy atom. The topological polar surface area (TPSA) is 7.12 Å². The molecular weight excluding hydrogens is 300 g/mol. The van der Waals surface area contributed by atoms with Gasteiger partial charge in [0.1, 0.15) is 0 Å². The van der Waals surface area contributed by atoms with Gasteiger partial charge in [-0.3, -0.25) is 0 Å². The summed E-state index contributed by atoms with van der Waals surface area (Å²) in [7, 11) is 2.12. The lowest BCUT2D eigenvalue weighted by atomic mass is 10.2. The van der Waals surface area contributed by atoms with Gasteiger partial charge in [-0.15, -0.1) is 0 Å². The minimum absolute atomic E-state index is 1.17. The number of fused-ring (bicyclic) bond motifs is 1. The van der Waals surface area contributed by atoms with E-state index >= 15 is 0 Å². The highest BCUT2D eigenvalue weighted by molar-refractivity contribution is 8.03. The van der Waals surface area contributed by atoms with E-state index in [9.17, 15) is 0 Å². The van der Waals surface area contributed by atoms with Crippen LogP contribution in [0, 0.1) is 0 Å². The van der Waals surface area contributed by atoms with Crippen molar-refractivity contribution < 1.29 is 4.57 Å². The maximum atomic E-state index is 2.25.